The molecule has 0 bridgehead atoms. The van der Waals surface area contributed by atoms with E-state index in [9.17, 15) is 9.36 Å². The van der Waals surface area contributed by atoms with Crippen LogP contribution >= 0.6 is 19.2 Å². The van der Waals surface area contributed by atoms with Gasteiger partial charge in [-0.3, -0.25) is 9.36 Å². The third kappa shape index (κ3) is 5.40. The van der Waals surface area contributed by atoms with Gasteiger partial charge in [-0.05, 0) is 44.9 Å². The molecule has 0 aliphatic rings. The van der Waals surface area contributed by atoms with Crippen LogP contribution < -0.4 is 0 Å². The van der Waals surface area contributed by atoms with E-state index in [0.29, 0.717) is 5.02 Å². The van der Waals surface area contributed by atoms with Gasteiger partial charge >= 0.3 is 13.6 Å². The average Bonchev–Trinajstić information content (AvgIpc) is 2.47. The number of rotatable bonds is 9. The van der Waals surface area contributed by atoms with Gasteiger partial charge < -0.3 is 13.8 Å². The Balaban J connectivity index is 3.07. The van der Waals surface area contributed by atoms with Gasteiger partial charge in [0.1, 0.15) is 0 Å². The Labute approximate surface area is 136 Å². The highest BCUT2D eigenvalue weighted by Crippen LogP contribution is 2.54. The zero-order valence-corrected chi connectivity index (χ0v) is 14.7. The normalized spacial score (nSPS) is 12.9. The van der Waals surface area contributed by atoms with Gasteiger partial charge in [0.25, 0.3) is 0 Å². The number of esters is 1. The summed E-state index contributed by atoms with van der Waals surface area (Å²) in [7, 11) is -3.60. The van der Waals surface area contributed by atoms with Gasteiger partial charge in [0.15, 0.2) is 5.66 Å². The van der Waals surface area contributed by atoms with E-state index in [0.717, 1.165) is 5.56 Å². The summed E-state index contributed by atoms with van der Waals surface area (Å²) in [6, 6.07) is 6.98. The van der Waals surface area contributed by atoms with Crippen molar-refractivity contribution in [2.75, 3.05) is 19.8 Å². The molecule has 0 aliphatic heterocycles. The maximum Gasteiger partial charge on any atom is 0.345 e. The molecule has 0 N–H and O–H groups in total. The zero-order valence-electron chi connectivity index (χ0n) is 13.1. The number of benzene rings is 1. The molecule has 0 aliphatic carbocycles. The summed E-state index contributed by atoms with van der Waals surface area (Å²) in [5, 5.41) is 0.592. The number of ether oxygens (including phenoxy) is 1. The van der Waals surface area contributed by atoms with E-state index in [1.165, 1.54) is 0 Å². The van der Waals surface area contributed by atoms with Gasteiger partial charge in [-0.25, -0.2) is 0 Å². The Kier molecular flexibility index (Phi) is 8.12. The summed E-state index contributed by atoms with van der Waals surface area (Å²) in [6.45, 7) is 5.69. The molecule has 0 fully saturated rings. The van der Waals surface area contributed by atoms with Crippen LogP contribution in [0.3, 0.4) is 0 Å². The van der Waals surface area contributed by atoms with Crippen molar-refractivity contribution in [1.82, 2.24) is 0 Å². The smallest absolute Gasteiger partial charge is 0.345 e. The highest BCUT2D eigenvalue weighted by molar-refractivity contribution is 7.55. The van der Waals surface area contributed by atoms with Crippen LogP contribution in [-0.4, -0.2) is 31.4 Å². The van der Waals surface area contributed by atoms with Crippen molar-refractivity contribution in [2.45, 2.75) is 32.9 Å². The van der Waals surface area contributed by atoms with Crippen LogP contribution in [0.15, 0.2) is 24.3 Å². The number of carbonyl (C=O) groups is 1. The van der Waals surface area contributed by atoms with Gasteiger partial charge in [-0.2, -0.15) is 0 Å². The van der Waals surface area contributed by atoms with Crippen LogP contribution in [0.5, 0.6) is 0 Å². The number of hydrogen-bond acceptors (Lipinski definition) is 5. The van der Waals surface area contributed by atoms with Gasteiger partial charge in [-0.15, -0.1) is 0 Å². The van der Waals surface area contributed by atoms with Crippen LogP contribution in [0, 0.1) is 0 Å². The monoisotopic (exact) mass is 348 g/mol. The number of hydrogen-bond donors (Lipinski definition) is 0. The molecule has 0 spiro atoms. The SMILES string of the molecule is CCOC(=O)C(Cc1ccc(Cl)cc1)P(=O)(OCC)OCC. The first-order valence-corrected chi connectivity index (χ1v) is 9.25. The molecule has 1 aromatic rings. The molecular formula is C15H22ClO5P. The van der Waals surface area contributed by atoms with Crippen molar-refractivity contribution in [1.29, 1.82) is 0 Å². The molecule has 5 nitrogen and oxygen atoms in total. The molecule has 0 aromatic heterocycles. The maximum atomic E-state index is 12.9. The first-order chi connectivity index (χ1) is 10.5. The summed E-state index contributed by atoms with van der Waals surface area (Å²) in [6.07, 6.45) is 0.202. The summed E-state index contributed by atoms with van der Waals surface area (Å²) in [5.41, 5.74) is -0.185. The minimum Gasteiger partial charge on any atom is -0.465 e. The Morgan fingerprint density at radius 1 is 1.09 bits per heavy atom. The highest BCUT2D eigenvalue weighted by Gasteiger charge is 2.42. The van der Waals surface area contributed by atoms with E-state index in [1.807, 2.05) is 0 Å². The molecule has 1 rings (SSSR count). The van der Waals surface area contributed by atoms with E-state index in [1.54, 1.807) is 45.0 Å². The van der Waals surface area contributed by atoms with Gasteiger partial charge in [0.05, 0.1) is 19.8 Å². The predicted molar refractivity (Wildman–Crippen MR) is 86.4 cm³/mol. The van der Waals surface area contributed by atoms with Crippen LogP contribution in [0.25, 0.3) is 0 Å². The topological polar surface area (TPSA) is 61.8 Å². The molecule has 0 saturated heterocycles. The quantitative estimate of drug-likeness (QED) is 0.497. The van der Waals surface area contributed by atoms with Crippen molar-refractivity contribution >= 4 is 25.2 Å². The van der Waals surface area contributed by atoms with Gasteiger partial charge in [0.2, 0.25) is 0 Å². The van der Waals surface area contributed by atoms with Crippen molar-refractivity contribution in [2.24, 2.45) is 0 Å². The van der Waals surface area contributed by atoms with Crippen LogP contribution in [0.4, 0.5) is 0 Å². The fourth-order valence-corrected chi connectivity index (χ4v) is 4.03. The van der Waals surface area contributed by atoms with E-state index < -0.39 is 19.2 Å². The lowest BCUT2D eigenvalue weighted by Gasteiger charge is -2.24. The van der Waals surface area contributed by atoms with Crippen molar-refractivity contribution in [3.05, 3.63) is 34.9 Å². The fraction of sp³-hybridized carbons (Fsp3) is 0.533. The van der Waals surface area contributed by atoms with Crippen molar-refractivity contribution in [3.8, 4) is 0 Å². The van der Waals surface area contributed by atoms with Gasteiger partial charge in [0, 0.05) is 5.02 Å². The minimum atomic E-state index is -3.60. The second-order valence-corrected chi connectivity index (χ2v) is 7.13. The van der Waals surface area contributed by atoms with Crippen LogP contribution in [-0.2, 0) is 29.6 Å². The molecule has 22 heavy (non-hydrogen) atoms. The number of halogens is 1. The van der Waals surface area contributed by atoms with Crippen LogP contribution in [0.2, 0.25) is 5.02 Å². The van der Waals surface area contributed by atoms with Crippen molar-refractivity contribution in [3.63, 3.8) is 0 Å². The largest absolute Gasteiger partial charge is 0.465 e. The minimum absolute atomic E-state index is 0.188. The standard InChI is InChI=1S/C15H22ClO5P/c1-4-19-15(17)14(22(18,20-5-2)21-6-3)11-12-7-9-13(16)10-8-12/h7-10,14H,4-6,11H2,1-3H3. The lowest BCUT2D eigenvalue weighted by molar-refractivity contribution is -0.143. The molecule has 0 heterocycles. The summed E-state index contributed by atoms with van der Waals surface area (Å²) < 4.78 is 28.6. The van der Waals surface area contributed by atoms with E-state index in [-0.39, 0.29) is 26.2 Å². The Hall–Kier alpha value is -0.870. The third-order valence-electron chi connectivity index (χ3n) is 2.90. The summed E-state index contributed by atoms with van der Waals surface area (Å²) in [5.74, 6) is -0.581. The molecule has 1 atom stereocenters. The molecule has 124 valence electrons. The van der Waals surface area contributed by atoms with E-state index in [4.69, 9.17) is 25.4 Å². The molecule has 7 heteroatoms. The maximum absolute atomic E-state index is 12.9. The van der Waals surface area contributed by atoms with Gasteiger partial charge in [-0.1, -0.05) is 23.7 Å². The first kappa shape index (κ1) is 19.2. The second-order valence-electron chi connectivity index (χ2n) is 4.47. The molecule has 0 amide bonds. The van der Waals surface area contributed by atoms with E-state index in [2.05, 4.69) is 0 Å². The van der Waals surface area contributed by atoms with E-state index >= 15 is 0 Å². The number of carbonyl (C=O) groups excluding carboxylic acids is 1. The third-order valence-corrected chi connectivity index (χ3v) is 5.55. The predicted octanol–water partition coefficient (Wildman–Crippen LogP) is 4.08. The average molecular weight is 349 g/mol. The molecule has 0 radical (unpaired) electrons. The molecule has 1 unspecified atom stereocenters. The molecular weight excluding hydrogens is 327 g/mol. The first-order valence-electron chi connectivity index (χ1n) is 7.26. The second kappa shape index (κ2) is 9.31. The summed E-state index contributed by atoms with van der Waals surface area (Å²) in [4.78, 5) is 12.2. The Morgan fingerprint density at radius 3 is 2.09 bits per heavy atom. The lowest BCUT2D eigenvalue weighted by atomic mass is 10.1. The summed E-state index contributed by atoms with van der Waals surface area (Å²) >= 11 is 5.85. The van der Waals surface area contributed by atoms with Crippen molar-refractivity contribution < 1.29 is 23.1 Å². The fourth-order valence-electron chi connectivity index (χ4n) is 1.98. The lowest BCUT2D eigenvalue weighted by Crippen LogP contribution is -2.28. The zero-order chi connectivity index (χ0) is 16.6. The Morgan fingerprint density at radius 2 is 1.64 bits per heavy atom. The Bertz CT molecular complexity index is 507. The molecule has 0 saturated carbocycles. The molecule has 1 aromatic carbocycles. The van der Waals surface area contributed by atoms with Crippen LogP contribution in [0.1, 0.15) is 26.3 Å². The highest BCUT2D eigenvalue weighted by atomic mass is 35.5.